The van der Waals surface area contributed by atoms with E-state index in [1.165, 1.54) is 12.2 Å². The number of rotatable bonds is 0. The van der Waals surface area contributed by atoms with Crippen molar-refractivity contribution >= 4 is 17.3 Å². The molecule has 0 amide bonds. The van der Waals surface area contributed by atoms with Crippen LogP contribution in [0, 0.1) is 47.3 Å². The van der Waals surface area contributed by atoms with Crippen LogP contribution in [0.3, 0.4) is 0 Å². The van der Waals surface area contributed by atoms with E-state index in [0.717, 1.165) is 6.42 Å². The van der Waals surface area contributed by atoms with Crippen LogP contribution in [0.4, 0.5) is 0 Å². The molecule has 6 aliphatic rings. The Labute approximate surface area is 117 Å². The summed E-state index contributed by atoms with van der Waals surface area (Å²) in [5.74, 6) is 2.17. The summed E-state index contributed by atoms with van der Waals surface area (Å²) >= 11 is 0. The topological polar surface area (TPSA) is 51.2 Å². The Hall–Kier alpha value is -1.51. The van der Waals surface area contributed by atoms with Crippen molar-refractivity contribution in [1.29, 1.82) is 0 Å². The number of Topliss-reactive ketones (excluding diaryl/α,β-unsaturated/α-hetero) is 1. The molecule has 8 atom stereocenters. The van der Waals surface area contributed by atoms with Gasteiger partial charge < -0.3 is 0 Å². The Morgan fingerprint density at radius 2 is 1.50 bits per heavy atom. The lowest BCUT2D eigenvalue weighted by atomic mass is 9.52. The molecule has 3 saturated carbocycles. The number of hydrogen-bond donors (Lipinski definition) is 0. The Bertz CT molecular complexity index is 614. The largest absolute Gasteiger partial charge is 0.299 e. The first-order valence-electron chi connectivity index (χ1n) is 7.63. The van der Waals surface area contributed by atoms with E-state index in [4.69, 9.17) is 0 Å². The van der Waals surface area contributed by atoms with Crippen LogP contribution in [-0.4, -0.2) is 17.3 Å². The lowest BCUT2D eigenvalue weighted by Gasteiger charge is -2.50. The van der Waals surface area contributed by atoms with Crippen molar-refractivity contribution in [2.75, 3.05) is 0 Å². The zero-order valence-electron chi connectivity index (χ0n) is 11.1. The number of carbonyl (C=O) groups is 3. The minimum atomic E-state index is -0.126. The molecule has 0 unspecified atom stereocenters. The van der Waals surface area contributed by atoms with Gasteiger partial charge in [-0.1, -0.05) is 12.2 Å². The van der Waals surface area contributed by atoms with Crippen LogP contribution >= 0.6 is 0 Å². The predicted molar refractivity (Wildman–Crippen MR) is 70.5 cm³/mol. The predicted octanol–water partition coefficient (Wildman–Crippen LogP) is 1.58. The minimum absolute atomic E-state index is 0.0229. The number of hydrogen-bond acceptors (Lipinski definition) is 3. The second-order valence-corrected chi connectivity index (χ2v) is 7.15. The van der Waals surface area contributed by atoms with Gasteiger partial charge >= 0.3 is 0 Å². The van der Waals surface area contributed by atoms with E-state index in [0.29, 0.717) is 35.9 Å². The first kappa shape index (κ1) is 11.2. The van der Waals surface area contributed by atoms with Crippen molar-refractivity contribution in [3.8, 4) is 0 Å². The van der Waals surface area contributed by atoms with Crippen LogP contribution < -0.4 is 0 Å². The molecule has 0 aromatic carbocycles. The van der Waals surface area contributed by atoms with Crippen LogP contribution in [0.1, 0.15) is 12.8 Å². The molecule has 0 aromatic rings. The molecule has 3 nitrogen and oxygen atoms in total. The van der Waals surface area contributed by atoms with Crippen LogP contribution in [0.2, 0.25) is 0 Å². The molecule has 0 saturated heterocycles. The van der Waals surface area contributed by atoms with Crippen molar-refractivity contribution in [3.63, 3.8) is 0 Å². The first-order valence-corrected chi connectivity index (χ1v) is 7.63. The van der Waals surface area contributed by atoms with Gasteiger partial charge in [0, 0.05) is 24.2 Å². The fourth-order valence-electron chi connectivity index (χ4n) is 6.19. The van der Waals surface area contributed by atoms with Gasteiger partial charge in [-0.15, -0.1) is 0 Å². The molecule has 6 rings (SSSR count). The van der Waals surface area contributed by atoms with Crippen LogP contribution in [0.5, 0.6) is 0 Å². The molecular weight excluding hydrogens is 252 g/mol. The molecule has 4 bridgehead atoms. The summed E-state index contributed by atoms with van der Waals surface area (Å²) < 4.78 is 0. The Kier molecular flexibility index (Phi) is 1.89. The maximum absolute atomic E-state index is 12.2. The molecule has 6 aliphatic carbocycles. The minimum Gasteiger partial charge on any atom is -0.299 e. The van der Waals surface area contributed by atoms with Gasteiger partial charge in [-0.05, 0) is 48.2 Å². The SMILES string of the molecule is O=C1C=CC(=O)[C@H]2[C@H]3C[C@@H]([C@@H]12)[C@@H]1[C@H]3[C@@H]2C=C[C@H]1CC2=O. The third-order valence-electron chi connectivity index (χ3n) is 6.64. The van der Waals surface area contributed by atoms with Crippen molar-refractivity contribution in [2.24, 2.45) is 47.3 Å². The van der Waals surface area contributed by atoms with E-state index in [1.54, 1.807) is 0 Å². The van der Waals surface area contributed by atoms with E-state index in [1.807, 2.05) is 0 Å². The fourth-order valence-corrected chi connectivity index (χ4v) is 6.19. The summed E-state index contributed by atoms with van der Waals surface area (Å²) in [5, 5.41) is 0. The summed E-state index contributed by atoms with van der Waals surface area (Å²) in [6, 6.07) is 0. The highest BCUT2D eigenvalue weighted by molar-refractivity contribution is 6.08. The molecule has 0 radical (unpaired) electrons. The summed E-state index contributed by atoms with van der Waals surface area (Å²) in [6.07, 6.45) is 8.87. The van der Waals surface area contributed by atoms with Crippen molar-refractivity contribution < 1.29 is 14.4 Å². The molecule has 3 heteroatoms. The fraction of sp³-hybridized carbons (Fsp3) is 0.588. The first-order chi connectivity index (χ1) is 9.66. The number of fused-ring (bicyclic) bond motifs is 6. The van der Waals surface area contributed by atoms with Gasteiger partial charge in [0.15, 0.2) is 11.6 Å². The zero-order valence-corrected chi connectivity index (χ0v) is 11.1. The lowest BCUT2D eigenvalue weighted by Crippen LogP contribution is -2.52. The average molecular weight is 268 g/mol. The highest BCUT2D eigenvalue weighted by atomic mass is 16.1. The lowest BCUT2D eigenvalue weighted by molar-refractivity contribution is -0.141. The molecule has 0 heterocycles. The van der Waals surface area contributed by atoms with Gasteiger partial charge in [0.25, 0.3) is 0 Å². The van der Waals surface area contributed by atoms with Crippen LogP contribution in [0.25, 0.3) is 0 Å². The van der Waals surface area contributed by atoms with Gasteiger partial charge in [-0.3, -0.25) is 14.4 Å². The number of carbonyl (C=O) groups excluding carboxylic acids is 3. The normalized spacial score (nSPS) is 54.5. The van der Waals surface area contributed by atoms with E-state index in [2.05, 4.69) is 12.2 Å². The molecule has 0 spiro atoms. The number of ketones is 3. The molecule has 0 N–H and O–H groups in total. The Morgan fingerprint density at radius 3 is 2.15 bits per heavy atom. The van der Waals surface area contributed by atoms with Gasteiger partial charge in [-0.25, -0.2) is 0 Å². The summed E-state index contributed by atoms with van der Waals surface area (Å²) in [7, 11) is 0. The Balaban J connectivity index is 1.63. The van der Waals surface area contributed by atoms with Crippen molar-refractivity contribution in [2.45, 2.75) is 12.8 Å². The van der Waals surface area contributed by atoms with Crippen LogP contribution in [-0.2, 0) is 14.4 Å². The highest BCUT2D eigenvalue weighted by Gasteiger charge is 2.67. The average Bonchev–Trinajstić information content (AvgIpc) is 3.01. The van der Waals surface area contributed by atoms with E-state index in [9.17, 15) is 14.4 Å². The third kappa shape index (κ3) is 1.08. The maximum atomic E-state index is 12.2. The molecule has 102 valence electrons. The second-order valence-electron chi connectivity index (χ2n) is 7.15. The highest BCUT2D eigenvalue weighted by Crippen LogP contribution is 2.66. The summed E-state index contributed by atoms with van der Waals surface area (Å²) in [4.78, 5) is 36.6. The van der Waals surface area contributed by atoms with Crippen molar-refractivity contribution in [3.05, 3.63) is 24.3 Å². The molecular formula is C17H16O3. The number of allylic oxidation sites excluding steroid dienone is 4. The van der Waals surface area contributed by atoms with E-state index >= 15 is 0 Å². The third-order valence-corrected chi connectivity index (χ3v) is 6.64. The summed E-state index contributed by atoms with van der Waals surface area (Å²) in [6.45, 7) is 0. The van der Waals surface area contributed by atoms with E-state index < -0.39 is 0 Å². The standard InChI is InChI=1S/C17H16O3/c18-11-3-4-12(19)17-10-6-9(16(11)17)14-7-1-2-8(15(10)14)13(20)5-7/h1-4,7-10,14-17H,5-6H2/t7-,8+,9+,10-,14+,15-,16-,17+/m0/s1. The van der Waals surface area contributed by atoms with Crippen LogP contribution in [0.15, 0.2) is 24.3 Å². The van der Waals surface area contributed by atoms with Gasteiger partial charge in [0.05, 0.1) is 0 Å². The van der Waals surface area contributed by atoms with Gasteiger partial charge in [0.2, 0.25) is 0 Å². The molecule has 3 fully saturated rings. The van der Waals surface area contributed by atoms with Crippen molar-refractivity contribution in [1.82, 2.24) is 0 Å². The monoisotopic (exact) mass is 268 g/mol. The quantitative estimate of drug-likeness (QED) is 0.627. The molecule has 0 aromatic heterocycles. The summed E-state index contributed by atoms with van der Waals surface area (Å²) in [5.41, 5.74) is 0. The zero-order chi connectivity index (χ0) is 13.6. The Morgan fingerprint density at radius 1 is 0.850 bits per heavy atom. The van der Waals surface area contributed by atoms with Gasteiger partial charge in [-0.2, -0.15) is 0 Å². The molecule has 0 aliphatic heterocycles. The van der Waals surface area contributed by atoms with Gasteiger partial charge in [0.1, 0.15) is 5.78 Å². The van der Waals surface area contributed by atoms with E-state index in [-0.39, 0.29) is 35.2 Å². The second kappa shape index (κ2) is 3.38. The smallest absolute Gasteiger partial charge is 0.159 e. The molecule has 20 heavy (non-hydrogen) atoms. The maximum Gasteiger partial charge on any atom is 0.159 e.